The number of para-hydroxylation sites is 2. The number of methoxy groups -OCH3 is 1. The maximum absolute atomic E-state index is 13.0. The van der Waals surface area contributed by atoms with Gasteiger partial charge in [0.25, 0.3) is 11.1 Å². The number of benzene rings is 2. The fraction of sp³-hybridized carbons (Fsp3) is 0.200. The number of thioether (sulfide) groups is 1. The summed E-state index contributed by atoms with van der Waals surface area (Å²) in [7, 11) is 1.59. The third-order valence-corrected chi connectivity index (χ3v) is 5.06. The van der Waals surface area contributed by atoms with Gasteiger partial charge in [-0.15, -0.1) is 0 Å². The van der Waals surface area contributed by atoms with Crippen LogP contribution in [0.5, 0.6) is 11.5 Å². The van der Waals surface area contributed by atoms with Crippen LogP contribution in [0.25, 0.3) is 5.57 Å². The molecule has 5 nitrogen and oxygen atoms in total. The minimum absolute atomic E-state index is 0.334. The number of ether oxygens (including phenoxy) is 2. The summed E-state index contributed by atoms with van der Waals surface area (Å²) in [6, 6.07) is 14.5. The number of carbonyl (C=O) groups is 2. The van der Waals surface area contributed by atoms with Crippen LogP contribution in [-0.4, -0.2) is 24.9 Å². The van der Waals surface area contributed by atoms with Gasteiger partial charge < -0.3 is 9.47 Å². The molecule has 1 fully saturated rings. The van der Waals surface area contributed by atoms with Gasteiger partial charge in [0.05, 0.1) is 24.3 Å². The summed E-state index contributed by atoms with van der Waals surface area (Å²) < 4.78 is 10.8. The molecule has 0 radical (unpaired) electrons. The van der Waals surface area contributed by atoms with Gasteiger partial charge in [-0.25, -0.2) is 4.90 Å². The van der Waals surface area contributed by atoms with Crippen molar-refractivity contribution in [3.63, 3.8) is 0 Å². The van der Waals surface area contributed by atoms with Crippen molar-refractivity contribution in [3.05, 3.63) is 59.0 Å². The summed E-state index contributed by atoms with van der Waals surface area (Å²) in [5.41, 5.74) is 2.04. The molecule has 0 N–H and O–H groups in total. The molecule has 0 bridgehead atoms. The normalized spacial score (nSPS) is 16.0. The first-order chi connectivity index (χ1) is 12.6. The lowest BCUT2D eigenvalue weighted by molar-refractivity contribution is -0.113. The molecule has 1 heterocycles. The minimum atomic E-state index is -0.340. The van der Waals surface area contributed by atoms with E-state index in [2.05, 4.69) is 0 Å². The highest BCUT2D eigenvalue weighted by Gasteiger charge is 2.39. The van der Waals surface area contributed by atoms with Gasteiger partial charge in [-0.3, -0.25) is 9.59 Å². The monoisotopic (exact) mass is 369 g/mol. The van der Waals surface area contributed by atoms with Gasteiger partial charge in [0, 0.05) is 0 Å². The molecule has 0 saturated carbocycles. The third-order valence-electron chi connectivity index (χ3n) is 4.02. The number of imide groups is 1. The fourth-order valence-electron chi connectivity index (χ4n) is 2.71. The molecule has 26 heavy (non-hydrogen) atoms. The molecule has 0 aliphatic carbocycles. The molecule has 2 amide bonds. The van der Waals surface area contributed by atoms with Crippen molar-refractivity contribution in [2.45, 2.75) is 13.8 Å². The molecule has 0 unspecified atom stereocenters. The first-order valence-corrected chi connectivity index (χ1v) is 9.01. The lowest BCUT2D eigenvalue weighted by atomic mass is 10.1. The van der Waals surface area contributed by atoms with Crippen molar-refractivity contribution in [1.82, 2.24) is 0 Å². The van der Waals surface area contributed by atoms with Crippen LogP contribution in [0.4, 0.5) is 10.5 Å². The zero-order valence-electron chi connectivity index (χ0n) is 14.8. The Labute approximate surface area is 156 Å². The molecule has 0 aromatic heterocycles. The Morgan fingerprint density at radius 2 is 1.88 bits per heavy atom. The first kappa shape index (κ1) is 18.1. The number of rotatable bonds is 5. The average Bonchev–Trinajstić information content (AvgIpc) is 2.96. The smallest absolute Gasteiger partial charge is 0.298 e. The molecule has 6 heteroatoms. The second-order valence-electron chi connectivity index (χ2n) is 5.60. The number of amides is 2. The molecular formula is C20H19NO4S. The third kappa shape index (κ3) is 3.32. The van der Waals surface area contributed by atoms with E-state index in [0.717, 1.165) is 22.9 Å². The molecule has 2 aromatic rings. The Balaban J connectivity index is 2.01. The number of hydrogen-bond acceptors (Lipinski definition) is 5. The van der Waals surface area contributed by atoms with Gasteiger partial charge in [0.1, 0.15) is 11.5 Å². The van der Waals surface area contributed by atoms with Crippen molar-refractivity contribution in [2.75, 3.05) is 18.6 Å². The molecule has 1 saturated heterocycles. The van der Waals surface area contributed by atoms with E-state index in [9.17, 15) is 9.59 Å². The maximum atomic E-state index is 13.0. The lowest BCUT2D eigenvalue weighted by Crippen LogP contribution is -2.28. The molecule has 0 spiro atoms. The highest BCUT2D eigenvalue weighted by molar-refractivity contribution is 8.19. The first-order valence-electron chi connectivity index (χ1n) is 8.20. The van der Waals surface area contributed by atoms with E-state index in [1.54, 1.807) is 25.3 Å². The molecular weight excluding hydrogens is 350 g/mol. The quantitative estimate of drug-likeness (QED) is 0.714. The van der Waals surface area contributed by atoms with Crippen LogP contribution < -0.4 is 14.4 Å². The summed E-state index contributed by atoms with van der Waals surface area (Å²) in [6.45, 7) is 4.14. The van der Waals surface area contributed by atoms with Crippen LogP contribution in [0.2, 0.25) is 0 Å². The standard InChI is InChI=1S/C20H19NO4S/c1-4-25-17-11-6-5-10-16(17)21-19(22)18(26-20(21)23)13(2)14-8-7-9-15(12-14)24-3/h5-12H,4H2,1-3H3/b18-13-. The highest BCUT2D eigenvalue weighted by atomic mass is 32.2. The Morgan fingerprint density at radius 1 is 1.12 bits per heavy atom. The van der Waals surface area contributed by atoms with Crippen molar-refractivity contribution in [2.24, 2.45) is 0 Å². The summed E-state index contributed by atoms with van der Waals surface area (Å²) in [6.07, 6.45) is 0. The molecule has 1 aliphatic heterocycles. The van der Waals surface area contributed by atoms with Gasteiger partial charge in [0.2, 0.25) is 0 Å². The van der Waals surface area contributed by atoms with Gasteiger partial charge >= 0.3 is 0 Å². The topological polar surface area (TPSA) is 55.8 Å². The number of nitrogens with zero attached hydrogens (tertiary/aromatic N) is 1. The second-order valence-corrected chi connectivity index (χ2v) is 6.56. The average molecular weight is 369 g/mol. The van der Waals surface area contributed by atoms with Crippen LogP contribution in [-0.2, 0) is 4.79 Å². The second kappa shape index (κ2) is 7.66. The number of anilines is 1. The predicted molar refractivity (Wildman–Crippen MR) is 104 cm³/mol. The van der Waals surface area contributed by atoms with Gasteiger partial charge in [0.15, 0.2) is 0 Å². The SMILES string of the molecule is CCOc1ccccc1N1C(=O)S/C(=C(/C)c2cccc(OC)c2)C1=O. The van der Waals surface area contributed by atoms with E-state index in [1.165, 1.54) is 4.90 Å². The Hall–Kier alpha value is -2.73. The molecule has 3 rings (SSSR count). The molecule has 0 atom stereocenters. The maximum Gasteiger partial charge on any atom is 0.298 e. The van der Waals surface area contributed by atoms with Crippen LogP contribution >= 0.6 is 11.8 Å². The Morgan fingerprint density at radius 3 is 2.62 bits per heavy atom. The minimum Gasteiger partial charge on any atom is -0.497 e. The Kier molecular flexibility index (Phi) is 5.32. The Bertz CT molecular complexity index is 891. The van der Waals surface area contributed by atoms with E-state index in [0.29, 0.717) is 28.7 Å². The lowest BCUT2D eigenvalue weighted by Gasteiger charge is -2.17. The number of allylic oxidation sites excluding steroid dienone is 1. The van der Waals surface area contributed by atoms with E-state index >= 15 is 0 Å². The van der Waals surface area contributed by atoms with Crippen LogP contribution in [0, 0.1) is 0 Å². The summed E-state index contributed by atoms with van der Waals surface area (Å²) in [5.74, 6) is 0.868. The van der Waals surface area contributed by atoms with Crippen molar-refractivity contribution in [1.29, 1.82) is 0 Å². The molecule has 134 valence electrons. The number of carbonyl (C=O) groups excluding carboxylic acids is 2. The van der Waals surface area contributed by atoms with E-state index in [-0.39, 0.29) is 11.1 Å². The van der Waals surface area contributed by atoms with E-state index in [4.69, 9.17) is 9.47 Å². The molecule has 2 aromatic carbocycles. The van der Waals surface area contributed by atoms with Crippen LogP contribution in [0.3, 0.4) is 0 Å². The highest BCUT2D eigenvalue weighted by Crippen LogP contribution is 2.42. The van der Waals surface area contributed by atoms with Crippen molar-refractivity contribution < 1.29 is 19.1 Å². The summed E-state index contributed by atoms with van der Waals surface area (Å²) >= 11 is 0.941. The number of hydrogen-bond donors (Lipinski definition) is 0. The largest absolute Gasteiger partial charge is 0.497 e. The van der Waals surface area contributed by atoms with Gasteiger partial charge in [-0.1, -0.05) is 24.3 Å². The van der Waals surface area contributed by atoms with Crippen molar-refractivity contribution >= 4 is 34.2 Å². The zero-order chi connectivity index (χ0) is 18.7. The van der Waals surface area contributed by atoms with Gasteiger partial charge in [-0.05, 0) is 61.0 Å². The summed E-state index contributed by atoms with van der Waals surface area (Å²) in [5, 5.41) is -0.334. The zero-order valence-corrected chi connectivity index (χ0v) is 15.6. The summed E-state index contributed by atoms with van der Waals surface area (Å²) in [4.78, 5) is 27.1. The van der Waals surface area contributed by atoms with Crippen molar-refractivity contribution in [3.8, 4) is 11.5 Å². The van der Waals surface area contributed by atoms with Crippen LogP contribution in [0.1, 0.15) is 19.4 Å². The predicted octanol–water partition coefficient (Wildman–Crippen LogP) is 4.72. The van der Waals surface area contributed by atoms with E-state index in [1.807, 2.05) is 44.2 Å². The van der Waals surface area contributed by atoms with E-state index < -0.39 is 0 Å². The fourth-order valence-corrected chi connectivity index (χ4v) is 3.61. The van der Waals surface area contributed by atoms with Crippen LogP contribution in [0.15, 0.2) is 53.4 Å². The molecule has 1 aliphatic rings. The van der Waals surface area contributed by atoms with Gasteiger partial charge in [-0.2, -0.15) is 0 Å².